The molecule has 0 aliphatic carbocycles. The Morgan fingerprint density at radius 1 is 1.17 bits per heavy atom. The molecule has 0 amide bonds. The van der Waals surface area contributed by atoms with Gasteiger partial charge in [-0.25, -0.2) is 9.78 Å². The van der Waals surface area contributed by atoms with Gasteiger partial charge >= 0.3 is 5.69 Å². The highest BCUT2D eigenvalue weighted by molar-refractivity contribution is 8.00. The first-order chi connectivity index (χ1) is 13.8. The molecule has 0 aromatic carbocycles. The first kappa shape index (κ1) is 24.4. The van der Waals surface area contributed by atoms with Gasteiger partial charge in [-0.1, -0.05) is 23.4 Å². The lowest BCUT2D eigenvalue weighted by atomic mass is 10.1. The zero-order valence-corrected chi connectivity index (χ0v) is 20.0. The van der Waals surface area contributed by atoms with Crippen molar-refractivity contribution in [2.45, 2.75) is 90.0 Å². The molecular weight excluding hydrogens is 402 g/mol. The van der Waals surface area contributed by atoms with Crippen LogP contribution in [-0.4, -0.2) is 40.7 Å². The summed E-state index contributed by atoms with van der Waals surface area (Å²) in [4.78, 5) is 31.1. The minimum absolute atomic E-state index is 0.141. The molecule has 0 fully saturated rings. The number of aromatic nitrogens is 4. The van der Waals surface area contributed by atoms with Crippen molar-refractivity contribution in [1.82, 2.24) is 18.7 Å². The molecule has 0 atom stereocenters. The molecule has 2 heterocycles. The van der Waals surface area contributed by atoms with Gasteiger partial charge in [-0.05, 0) is 54.9 Å². The molecule has 2 aromatic heterocycles. The van der Waals surface area contributed by atoms with Crippen molar-refractivity contribution in [3.63, 3.8) is 0 Å². The number of thioether (sulfide) groups is 1. The molecule has 9 heteroatoms. The molecule has 0 bridgehead atoms. The lowest BCUT2D eigenvalue weighted by Gasteiger charge is -2.21. The zero-order chi connectivity index (χ0) is 22.9. The fraction of sp³-hybridized carbons (Fsp3) is 0.667. The Morgan fingerprint density at radius 2 is 1.80 bits per heavy atom. The highest BCUT2D eigenvalue weighted by atomic mass is 32.2. The SMILES string of the molecule is CCn1c(=O)n(CCC(C)(C)O)c(=O)c2c1nc(SC(C)(C)CN)n2CC=C(C)C. The summed E-state index contributed by atoms with van der Waals surface area (Å²) in [5, 5.41) is 10.8. The molecular formula is C21H35N5O3S. The van der Waals surface area contributed by atoms with Crippen molar-refractivity contribution in [1.29, 1.82) is 0 Å². The van der Waals surface area contributed by atoms with Crippen LogP contribution < -0.4 is 17.0 Å². The minimum atomic E-state index is -0.980. The van der Waals surface area contributed by atoms with E-state index in [9.17, 15) is 14.7 Å². The normalized spacial score (nSPS) is 12.6. The standard InChI is InChI=1S/C21H35N5O3S/c1-8-24-16-15(17(27)26(19(24)28)12-10-20(4,5)29)25(11-9-14(2)3)18(23-16)30-21(6,7)13-22/h9,29H,8,10-13,22H2,1-7H3. The lowest BCUT2D eigenvalue weighted by molar-refractivity contribution is 0.0654. The molecule has 0 aliphatic heterocycles. The highest BCUT2D eigenvalue weighted by Gasteiger charge is 2.26. The van der Waals surface area contributed by atoms with Crippen LogP contribution >= 0.6 is 11.8 Å². The number of nitrogens with zero attached hydrogens (tertiary/aromatic N) is 4. The maximum atomic E-state index is 13.4. The van der Waals surface area contributed by atoms with Gasteiger partial charge in [-0.3, -0.25) is 13.9 Å². The van der Waals surface area contributed by atoms with E-state index in [1.807, 2.05) is 45.3 Å². The monoisotopic (exact) mass is 437 g/mol. The third-order valence-electron chi connectivity index (χ3n) is 4.88. The average Bonchev–Trinajstić information content (AvgIpc) is 2.96. The number of fused-ring (bicyclic) bond motifs is 1. The van der Waals surface area contributed by atoms with Crippen LogP contribution in [0.15, 0.2) is 26.4 Å². The van der Waals surface area contributed by atoms with Gasteiger partial charge in [0.25, 0.3) is 5.56 Å². The minimum Gasteiger partial charge on any atom is -0.390 e. The van der Waals surface area contributed by atoms with E-state index in [-0.39, 0.29) is 16.9 Å². The fourth-order valence-electron chi connectivity index (χ4n) is 2.95. The number of hydrogen-bond donors (Lipinski definition) is 2. The fourth-order valence-corrected chi connectivity index (χ4v) is 3.93. The van der Waals surface area contributed by atoms with E-state index in [0.717, 1.165) is 5.57 Å². The highest BCUT2D eigenvalue weighted by Crippen LogP contribution is 2.32. The number of nitrogens with two attached hydrogens (primary N) is 1. The number of allylic oxidation sites excluding steroid dienone is 2. The van der Waals surface area contributed by atoms with Gasteiger partial charge in [0.1, 0.15) is 0 Å². The van der Waals surface area contributed by atoms with Crippen LogP contribution in [0.4, 0.5) is 0 Å². The van der Waals surface area contributed by atoms with Crippen molar-refractivity contribution >= 4 is 22.9 Å². The summed E-state index contributed by atoms with van der Waals surface area (Å²) < 4.78 is 4.34. The summed E-state index contributed by atoms with van der Waals surface area (Å²) in [6.45, 7) is 14.7. The third-order valence-corrected chi connectivity index (χ3v) is 6.10. The maximum absolute atomic E-state index is 13.4. The quantitative estimate of drug-likeness (QED) is 0.460. The number of aliphatic hydroxyl groups is 1. The van der Waals surface area contributed by atoms with Crippen LogP contribution in [0.2, 0.25) is 0 Å². The summed E-state index contributed by atoms with van der Waals surface area (Å²) >= 11 is 1.50. The summed E-state index contributed by atoms with van der Waals surface area (Å²) in [6, 6.07) is 0. The van der Waals surface area contributed by atoms with Crippen molar-refractivity contribution in [3.8, 4) is 0 Å². The summed E-state index contributed by atoms with van der Waals surface area (Å²) in [7, 11) is 0. The van der Waals surface area contributed by atoms with Crippen LogP contribution in [0.25, 0.3) is 11.2 Å². The van der Waals surface area contributed by atoms with Crippen LogP contribution in [0.5, 0.6) is 0 Å². The number of hydrogen-bond acceptors (Lipinski definition) is 6. The molecule has 168 valence electrons. The van der Waals surface area contributed by atoms with Gasteiger partial charge in [-0.2, -0.15) is 0 Å². The molecule has 0 spiro atoms. The molecule has 0 aliphatic rings. The van der Waals surface area contributed by atoms with E-state index in [1.165, 1.54) is 20.9 Å². The second-order valence-corrected chi connectivity index (χ2v) is 10.7. The van der Waals surface area contributed by atoms with Crippen LogP contribution in [0.3, 0.4) is 0 Å². The van der Waals surface area contributed by atoms with Crippen LogP contribution in [-0.2, 0) is 19.6 Å². The molecule has 0 saturated heterocycles. The van der Waals surface area contributed by atoms with Crippen molar-refractivity contribution in [2.75, 3.05) is 6.54 Å². The Hall–Kier alpha value is -1.84. The molecule has 3 N–H and O–H groups in total. The zero-order valence-electron chi connectivity index (χ0n) is 19.2. The summed E-state index contributed by atoms with van der Waals surface area (Å²) in [5.74, 6) is 0. The largest absolute Gasteiger partial charge is 0.390 e. The second kappa shape index (κ2) is 9.11. The van der Waals surface area contributed by atoms with E-state index >= 15 is 0 Å². The van der Waals surface area contributed by atoms with Crippen LogP contribution in [0.1, 0.15) is 54.9 Å². The number of aryl methyl sites for hydroxylation is 1. The van der Waals surface area contributed by atoms with Crippen LogP contribution in [0, 0.1) is 0 Å². The van der Waals surface area contributed by atoms with Gasteiger partial charge in [0.05, 0.1) is 5.60 Å². The predicted octanol–water partition coefficient (Wildman–Crippen LogP) is 2.34. The second-order valence-electron chi connectivity index (χ2n) is 9.07. The first-order valence-electron chi connectivity index (χ1n) is 10.3. The van der Waals surface area contributed by atoms with Gasteiger partial charge in [-0.15, -0.1) is 0 Å². The van der Waals surface area contributed by atoms with E-state index in [1.54, 1.807) is 13.8 Å². The van der Waals surface area contributed by atoms with E-state index in [0.29, 0.717) is 42.4 Å². The third kappa shape index (κ3) is 5.44. The number of imidazole rings is 1. The Morgan fingerprint density at radius 3 is 2.30 bits per heavy atom. The molecule has 2 aromatic rings. The Kier molecular flexibility index (Phi) is 7.42. The molecule has 30 heavy (non-hydrogen) atoms. The van der Waals surface area contributed by atoms with Crippen molar-refractivity contribution < 1.29 is 5.11 Å². The Labute approximate surface area is 181 Å². The predicted molar refractivity (Wildman–Crippen MR) is 123 cm³/mol. The van der Waals surface area contributed by atoms with Crippen molar-refractivity contribution in [3.05, 3.63) is 32.5 Å². The van der Waals surface area contributed by atoms with E-state index < -0.39 is 11.3 Å². The Balaban J connectivity index is 2.83. The van der Waals surface area contributed by atoms with E-state index in [4.69, 9.17) is 10.7 Å². The molecule has 0 saturated carbocycles. The molecule has 2 rings (SSSR count). The Bertz CT molecular complexity index is 1050. The molecule has 0 radical (unpaired) electrons. The summed E-state index contributed by atoms with van der Waals surface area (Å²) in [6.07, 6.45) is 2.32. The first-order valence-corrected chi connectivity index (χ1v) is 11.1. The topological polar surface area (TPSA) is 108 Å². The lowest BCUT2D eigenvalue weighted by Crippen LogP contribution is -2.41. The smallest absolute Gasteiger partial charge is 0.332 e. The molecule has 0 unspecified atom stereocenters. The van der Waals surface area contributed by atoms with Gasteiger partial charge < -0.3 is 15.4 Å². The van der Waals surface area contributed by atoms with E-state index in [2.05, 4.69) is 0 Å². The summed E-state index contributed by atoms with van der Waals surface area (Å²) in [5.41, 5.74) is 6.08. The van der Waals surface area contributed by atoms with Gasteiger partial charge in [0.15, 0.2) is 16.3 Å². The van der Waals surface area contributed by atoms with Gasteiger partial charge in [0.2, 0.25) is 0 Å². The van der Waals surface area contributed by atoms with Crippen molar-refractivity contribution in [2.24, 2.45) is 5.73 Å². The van der Waals surface area contributed by atoms with Gasteiger partial charge in [0, 0.05) is 30.9 Å². The number of rotatable bonds is 9. The molecule has 8 nitrogen and oxygen atoms in total. The average molecular weight is 438 g/mol. The maximum Gasteiger partial charge on any atom is 0.332 e.